The molecule has 2 atom stereocenters. The fraction of sp³-hybridized carbons (Fsp3) is 0.812. The van der Waals surface area contributed by atoms with Crippen molar-refractivity contribution in [2.24, 2.45) is 0 Å². The van der Waals surface area contributed by atoms with E-state index in [1.165, 1.54) is 0 Å². The van der Waals surface area contributed by atoms with Crippen LogP contribution in [0.4, 0.5) is 4.79 Å². The first-order valence-electron chi connectivity index (χ1n) is 7.65. The number of allylic oxidation sites excluding steroid dienone is 1. The van der Waals surface area contributed by atoms with Gasteiger partial charge in [0, 0.05) is 0 Å². The molecule has 0 spiro atoms. The first kappa shape index (κ1) is 16.3. The lowest BCUT2D eigenvalue weighted by molar-refractivity contribution is -0.0664. The lowest BCUT2D eigenvalue weighted by Gasteiger charge is -2.36. The van der Waals surface area contributed by atoms with Crippen molar-refractivity contribution in [3.8, 4) is 0 Å². The van der Waals surface area contributed by atoms with E-state index < -0.39 is 23.5 Å². The van der Waals surface area contributed by atoms with Crippen LogP contribution in [0.15, 0.2) is 11.6 Å². The zero-order chi connectivity index (χ0) is 15.8. The number of amides is 1. The summed E-state index contributed by atoms with van der Waals surface area (Å²) in [5.41, 5.74) is -0.333. The van der Waals surface area contributed by atoms with Gasteiger partial charge < -0.3 is 14.6 Å². The zero-order valence-corrected chi connectivity index (χ0v) is 13.7. The number of aliphatic hydroxyl groups excluding tert-OH is 1. The summed E-state index contributed by atoms with van der Waals surface area (Å²) >= 11 is 0. The third kappa shape index (κ3) is 3.58. The van der Waals surface area contributed by atoms with Gasteiger partial charge in [0.05, 0.1) is 18.8 Å². The third-order valence-electron chi connectivity index (χ3n) is 3.93. The molecule has 1 aliphatic heterocycles. The average Bonchev–Trinajstić information content (AvgIpc) is 2.92. The van der Waals surface area contributed by atoms with Gasteiger partial charge in [-0.1, -0.05) is 6.08 Å². The summed E-state index contributed by atoms with van der Waals surface area (Å²) in [5.74, 6) is 0. The number of rotatable bonds is 2. The van der Waals surface area contributed by atoms with Crippen LogP contribution < -0.4 is 0 Å². The van der Waals surface area contributed by atoms with Gasteiger partial charge in [0.1, 0.15) is 11.3 Å². The second-order valence-electron chi connectivity index (χ2n) is 7.29. The highest BCUT2D eigenvalue weighted by Gasteiger charge is 2.49. The largest absolute Gasteiger partial charge is 0.444 e. The van der Waals surface area contributed by atoms with Crippen molar-refractivity contribution in [3.05, 3.63) is 11.6 Å². The van der Waals surface area contributed by atoms with Crippen LogP contribution in [0.2, 0.25) is 0 Å². The van der Waals surface area contributed by atoms with Crippen molar-refractivity contribution < 1.29 is 19.4 Å². The molecule has 0 radical (unpaired) electrons. The monoisotopic (exact) mass is 297 g/mol. The molecule has 120 valence electrons. The number of carbonyl (C=O) groups is 1. The lowest BCUT2D eigenvalue weighted by atomic mass is 10.0. The van der Waals surface area contributed by atoms with E-state index in [-0.39, 0.29) is 6.04 Å². The van der Waals surface area contributed by atoms with Gasteiger partial charge in [0.25, 0.3) is 0 Å². The molecule has 1 amide bonds. The summed E-state index contributed by atoms with van der Waals surface area (Å²) in [7, 11) is 0. The first-order valence-corrected chi connectivity index (χ1v) is 7.65. The predicted octanol–water partition coefficient (Wildman–Crippen LogP) is 2.83. The highest BCUT2D eigenvalue weighted by Crippen LogP contribution is 2.34. The van der Waals surface area contributed by atoms with Gasteiger partial charge >= 0.3 is 6.09 Å². The number of hydrogen-bond acceptors (Lipinski definition) is 4. The molecule has 0 aromatic carbocycles. The van der Waals surface area contributed by atoms with Gasteiger partial charge in [-0.2, -0.15) is 0 Å². The maximum atomic E-state index is 12.5. The van der Waals surface area contributed by atoms with E-state index in [1.54, 1.807) is 4.90 Å². The Morgan fingerprint density at radius 2 is 2.19 bits per heavy atom. The Morgan fingerprint density at radius 1 is 1.52 bits per heavy atom. The second-order valence-corrected chi connectivity index (χ2v) is 7.29. The van der Waals surface area contributed by atoms with Crippen molar-refractivity contribution in [3.63, 3.8) is 0 Å². The number of nitrogens with zero attached hydrogens (tertiary/aromatic N) is 1. The van der Waals surface area contributed by atoms with Crippen LogP contribution in [-0.2, 0) is 9.47 Å². The van der Waals surface area contributed by atoms with Crippen LogP contribution in [0.5, 0.6) is 0 Å². The number of hydrogen-bond donors (Lipinski definition) is 1. The fourth-order valence-electron chi connectivity index (χ4n) is 2.94. The molecule has 2 rings (SSSR count). The Morgan fingerprint density at radius 3 is 2.71 bits per heavy atom. The molecule has 1 saturated heterocycles. The Labute approximate surface area is 126 Å². The molecule has 21 heavy (non-hydrogen) atoms. The minimum absolute atomic E-state index is 0.324. The minimum atomic E-state index is -0.771. The molecule has 1 aliphatic carbocycles. The van der Waals surface area contributed by atoms with Crippen LogP contribution in [0.1, 0.15) is 53.9 Å². The second kappa shape index (κ2) is 5.61. The van der Waals surface area contributed by atoms with Crippen LogP contribution in [0.25, 0.3) is 0 Å². The SMILES string of the molecule is CC(C)(C)OC(=O)N1[C@H]([C@H](O)C2=CCCC2)COC1(C)C. The van der Waals surface area contributed by atoms with Crippen molar-refractivity contribution in [1.29, 1.82) is 0 Å². The summed E-state index contributed by atoms with van der Waals surface area (Å²) < 4.78 is 11.2. The third-order valence-corrected chi connectivity index (χ3v) is 3.93. The number of aliphatic hydroxyl groups is 1. The van der Waals surface area contributed by atoms with Gasteiger partial charge in [0.2, 0.25) is 0 Å². The van der Waals surface area contributed by atoms with E-state index in [9.17, 15) is 9.90 Å². The lowest BCUT2D eigenvalue weighted by Crippen LogP contribution is -2.53. The molecule has 0 saturated carbocycles. The van der Waals surface area contributed by atoms with E-state index in [2.05, 4.69) is 6.08 Å². The Kier molecular flexibility index (Phi) is 4.36. The summed E-state index contributed by atoms with van der Waals surface area (Å²) in [6, 6.07) is -0.390. The van der Waals surface area contributed by atoms with Gasteiger partial charge in [-0.15, -0.1) is 0 Å². The van der Waals surface area contributed by atoms with Crippen molar-refractivity contribution in [2.45, 2.75) is 77.4 Å². The molecular weight excluding hydrogens is 270 g/mol. The van der Waals surface area contributed by atoms with Gasteiger partial charge in [-0.05, 0) is 59.5 Å². The molecule has 1 fully saturated rings. The van der Waals surface area contributed by atoms with Crippen LogP contribution in [0.3, 0.4) is 0 Å². The fourth-order valence-corrected chi connectivity index (χ4v) is 2.94. The summed E-state index contributed by atoms with van der Waals surface area (Å²) in [5, 5.41) is 10.6. The van der Waals surface area contributed by atoms with E-state index >= 15 is 0 Å². The Balaban J connectivity index is 2.18. The van der Waals surface area contributed by atoms with Gasteiger partial charge in [-0.25, -0.2) is 4.79 Å². The Hall–Kier alpha value is -1.07. The van der Waals surface area contributed by atoms with Crippen LogP contribution in [-0.4, -0.2) is 46.2 Å². The summed E-state index contributed by atoms with van der Waals surface area (Å²) in [6.45, 7) is 9.48. The maximum absolute atomic E-state index is 12.5. The highest BCUT2D eigenvalue weighted by molar-refractivity contribution is 5.70. The summed E-state index contributed by atoms with van der Waals surface area (Å²) in [6.07, 6.45) is 3.91. The highest BCUT2D eigenvalue weighted by atomic mass is 16.6. The normalized spacial score (nSPS) is 26.7. The molecule has 1 N–H and O–H groups in total. The molecule has 5 heteroatoms. The molecule has 0 aromatic heterocycles. The Bertz CT molecular complexity index is 436. The van der Waals surface area contributed by atoms with E-state index in [0.717, 1.165) is 24.8 Å². The van der Waals surface area contributed by atoms with Crippen molar-refractivity contribution in [2.75, 3.05) is 6.61 Å². The molecule has 1 heterocycles. The molecule has 0 unspecified atom stereocenters. The smallest absolute Gasteiger partial charge is 0.413 e. The summed E-state index contributed by atoms with van der Waals surface area (Å²) in [4.78, 5) is 14.0. The average molecular weight is 297 g/mol. The zero-order valence-electron chi connectivity index (χ0n) is 13.7. The predicted molar refractivity (Wildman–Crippen MR) is 79.8 cm³/mol. The molecule has 5 nitrogen and oxygen atoms in total. The minimum Gasteiger partial charge on any atom is -0.444 e. The van der Waals surface area contributed by atoms with E-state index in [0.29, 0.717) is 6.61 Å². The van der Waals surface area contributed by atoms with E-state index in [4.69, 9.17) is 9.47 Å². The number of ether oxygens (including phenoxy) is 2. The van der Waals surface area contributed by atoms with Crippen LogP contribution >= 0.6 is 0 Å². The molecular formula is C16H27NO4. The van der Waals surface area contributed by atoms with Crippen molar-refractivity contribution in [1.82, 2.24) is 4.90 Å². The first-order chi connectivity index (χ1) is 9.62. The van der Waals surface area contributed by atoms with Crippen LogP contribution in [0, 0.1) is 0 Å². The maximum Gasteiger partial charge on any atom is 0.413 e. The molecule has 2 aliphatic rings. The standard InChI is InChI=1S/C16H27NO4/c1-15(2,3)21-14(19)17-12(10-20-16(17,4)5)13(18)11-8-6-7-9-11/h8,12-13,18H,6-7,9-10H2,1-5H3/t12-,13+/m0/s1. The molecule has 0 bridgehead atoms. The van der Waals surface area contributed by atoms with Gasteiger partial charge in [0.15, 0.2) is 0 Å². The topological polar surface area (TPSA) is 59.0 Å². The van der Waals surface area contributed by atoms with Crippen molar-refractivity contribution >= 4 is 6.09 Å². The van der Waals surface area contributed by atoms with Gasteiger partial charge in [-0.3, -0.25) is 4.90 Å². The quantitative estimate of drug-likeness (QED) is 0.796. The molecule has 0 aromatic rings. The van der Waals surface area contributed by atoms with E-state index in [1.807, 2.05) is 34.6 Å². The number of carbonyl (C=O) groups excluding carboxylic acids is 1.